The fraction of sp³-hybridized carbons (Fsp3) is 0.438. The summed E-state index contributed by atoms with van der Waals surface area (Å²) in [5, 5.41) is 11.7. The molecule has 1 aliphatic rings. The molecule has 3 heteroatoms. The van der Waals surface area contributed by atoms with E-state index in [1.807, 2.05) is 37.3 Å². The quantitative estimate of drug-likeness (QED) is 0.895. The van der Waals surface area contributed by atoms with Crippen LogP contribution in [0, 0.1) is 5.92 Å². The van der Waals surface area contributed by atoms with Gasteiger partial charge < -0.3 is 9.84 Å². The van der Waals surface area contributed by atoms with Crippen LogP contribution in [0.5, 0.6) is 0 Å². The standard InChI is InChI=1S/C16H19NO2/c1-2-19-16(11-8-9-11)15(18)13-5-3-7-14-12(13)6-4-10-17-14/h3-7,10-11,15-16,18H,2,8-9H2,1H3. The van der Waals surface area contributed by atoms with Crippen molar-refractivity contribution in [2.75, 3.05) is 6.61 Å². The third kappa shape index (κ3) is 2.48. The third-order valence-electron chi connectivity index (χ3n) is 3.75. The number of benzene rings is 1. The van der Waals surface area contributed by atoms with Gasteiger partial charge in [0.2, 0.25) is 0 Å². The van der Waals surface area contributed by atoms with Crippen LogP contribution in [0.4, 0.5) is 0 Å². The third-order valence-corrected chi connectivity index (χ3v) is 3.75. The van der Waals surface area contributed by atoms with Gasteiger partial charge >= 0.3 is 0 Å². The van der Waals surface area contributed by atoms with Gasteiger partial charge in [-0.2, -0.15) is 0 Å². The molecule has 2 unspecified atom stereocenters. The topological polar surface area (TPSA) is 42.4 Å². The lowest BCUT2D eigenvalue weighted by molar-refractivity contribution is -0.0456. The van der Waals surface area contributed by atoms with Gasteiger partial charge in [-0.05, 0) is 43.4 Å². The minimum atomic E-state index is -0.569. The molecule has 0 amide bonds. The number of pyridine rings is 1. The molecule has 0 bridgehead atoms. The van der Waals surface area contributed by atoms with Crippen molar-refractivity contribution in [2.24, 2.45) is 5.92 Å². The molecule has 1 N–H and O–H groups in total. The van der Waals surface area contributed by atoms with Crippen molar-refractivity contribution in [3.05, 3.63) is 42.1 Å². The monoisotopic (exact) mass is 257 g/mol. The van der Waals surface area contributed by atoms with Crippen molar-refractivity contribution in [1.82, 2.24) is 4.98 Å². The molecule has 1 heterocycles. The first kappa shape index (κ1) is 12.6. The van der Waals surface area contributed by atoms with Gasteiger partial charge in [-0.3, -0.25) is 4.98 Å². The Morgan fingerprint density at radius 1 is 1.32 bits per heavy atom. The summed E-state index contributed by atoms with van der Waals surface area (Å²) in [7, 11) is 0. The summed E-state index contributed by atoms with van der Waals surface area (Å²) in [6.45, 7) is 2.62. The van der Waals surface area contributed by atoms with Crippen molar-refractivity contribution in [2.45, 2.75) is 32.0 Å². The normalized spacial score (nSPS) is 18.4. The minimum Gasteiger partial charge on any atom is -0.386 e. The lowest BCUT2D eigenvalue weighted by Gasteiger charge is -2.24. The number of aliphatic hydroxyl groups excluding tert-OH is 1. The predicted molar refractivity (Wildman–Crippen MR) is 74.8 cm³/mol. The molecule has 2 aromatic rings. The molecule has 0 spiro atoms. The molecule has 19 heavy (non-hydrogen) atoms. The van der Waals surface area contributed by atoms with Gasteiger partial charge in [0.15, 0.2) is 0 Å². The SMILES string of the molecule is CCOC(C1CC1)C(O)c1cccc2ncccc12. The molecule has 1 aliphatic carbocycles. The molecule has 1 aromatic heterocycles. The molecule has 0 saturated heterocycles. The molecular weight excluding hydrogens is 238 g/mol. The fourth-order valence-corrected chi connectivity index (χ4v) is 2.66. The van der Waals surface area contributed by atoms with Crippen LogP contribution in [-0.4, -0.2) is 22.8 Å². The lowest BCUT2D eigenvalue weighted by atomic mass is 9.97. The van der Waals surface area contributed by atoms with E-state index in [0.29, 0.717) is 12.5 Å². The zero-order valence-corrected chi connectivity index (χ0v) is 11.1. The van der Waals surface area contributed by atoms with Crippen LogP contribution in [0.3, 0.4) is 0 Å². The van der Waals surface area contributed by atoms with Crippen LogP contribution in [0.1, 0.15) is 31.4 Å². The van der Waals surface area contributed by atoms with Gasteiger partial charge in [0.05, 0.1) is 11.6 Å². The van der Waals surface area contributed by atoms with E-state index < -0.39 is 6.10 Å². The lowest BCUT2D eigenvalue weighted by Crippen LogP contribution is -2.24. The number of rotatable bonds is 5. The second-order valence-electron chi connectivity index (χ2n) is 5.12. The Balaban J connectivity index is 1.98. The van der Waals surface area contributed by atoms with Crippen molar-refractivity contribution in [3.63, 3.8) is 0 Å². The maximum atomic E-state index is 10.7. The van der Waals surface area contributed by atoms with Crippen LogP contribution >= 0.6 is 0 Å². The van der Waals surface area contributed by atoms with Crippen LogP contribution < -0.4 is 0 Å². The van der Waals surface area contributed by atoms with Crippen molar-refractivity contribution in [1.29, 1.82) is 0 Å². The summed E-state index contributed by atoms with van der Waals surface area (Å²) in [5.74, 6) is 0.502. The Kier molecular flexibility index (Phi) is 3.49. The first-order valence-corrected chi connectivity index (χ1v) is 6.94. The minimum absolute atomic E-state index is 0.0872. The largest absolute Gasteiger partial charge is 0.386 e. The van der Waals surface area contributed by atoms with E-state index in [2.05, 4.69) is 4.98 Å². The van der Waals surface area contributed by atoms with E-state index in [1.165, 1.54) is 0 Å². The number of nitrogens with zero attached hydrogens (tertiary/aromatic N) is 1. The predicted octanol–water partition coefficient (Wildman–Crippen LogP) is 3.08. The maximum Gasteiger partial charge on any atom is 0.106 e. The average Bonchev–Trinajstić information content (AvgIpc) is 3.28. The van der Waals surface area contributed by atoms with Gasteiger partial charge in [0, 0.05) is 18.2 Å². The highest BCUT2D eigenvalue weighted by atomic mass is 16.5. The Morgan fingerprint density at radius 2 is 2.16 bits per heavy atom. The Morgan fingerprint density at radius 3 is 2.89 bits per heavy atom. The second-order valence-corrected chi connectivity index (χ2v) is 5.12. The number of ether oxygens (including phenoxy) is 1. The smallest absolute Gasteiger partial charge is 0.106 e. The number of hydrogen-bond acceptors (Lipinski definition) is 3. The average molecular weight is 257 g/mol. The summed E-state index contributed by atoms with van der Waals surface area (Å²) < 4.78 is 5.76. The summed E-state index contributed by atoms with van der Waals surface area (Å²) in [5.41, 5.74) is 1.85. The molecular formula is C16H19NO2. The van der Waals surface area contributed by atoms with Crippen LogP contribution in [-0.2, 0) is 4.74 Å². The fourth-order valence-electron chi connectivity index (χ4n) is 2.66. The van der Waals surface area contributed by atoms with Crippen LogP contribution in [0.15, 0.2) is 36.5 Å². The highest BCUT2D eigenvalue weighted by Crippen LogP contribution is 2.41. The molecule has 0 radical (unpaired) electrons. The van der Waals surface area contributed by atoms with E-state index in [1.54, 1.807) is 6.20 Å². The van der Waals surface area contributed by atoms with Crippen LogP contribution in [0.25, 0.3) is 10.9 Å². The Bertz CT molecular complexity index is 560. The summed E-state index contributed by atoms with van der Waals surface area (Å²) >= 11 is 0. The summed E-state index contributed by atoms with van der Waals surface area (Å²) in [6.07, 6.45) is 3.44. The first-order valence-electron chi connectivity index (χ1n) is 6.94. The van der Waals surface area contributed by atoms with Gasteiger partial charge in [-0.25, -0.2) is 0 Å². The van der Waals surface area contributed by atoms with E-state index in [9.17, 15) is 5.11 Å². The van der Waals surface area contributed by atoms with Crippen LogP contribution in [0.2, 0.25) is 0 Å². The molecule has 0 aliphatic heterocycles. The number of hydrogen-bond donors (Lipinski definition) is 1. The zero-order valence-electron chi connectivity index (χ0n) is 11.1. The van der Waals surface area contributed by atoms with Gasteiger partial charge in [-0.1, -0.05) is 18.2 Å². The number of aliphatic hydroxyl groups is 1. The van der Waals surface area contributed by atoms with Gasteiger partial charge in [-0.15, -0.1) is 0 Å². The Hall–Kier alpha value is -1.45. The molecule has 1 saturated carbocycles. The Labute approximate surface area is 113 Å². The van der Waals surface area contributed by atoms with E-state index in [-0.39, 0.29) is 6.10 Å². The van der Waals surface area contributed by atoms with Crippen molar-refractivity contribution in [3.8, 4) is 0 Å². The molecule has 3 rings (SSSR count). The zero-order chi connectivity index (χ0) is 13.2. The summed E-state index contributed by atoms with van der Waals surface area (Å²) in [4.78, 5) is 4.34. The molecule has 2 atom stereocenters. The van der Waals surface area contributed by atoms with Gasteiger partial charge in [0.25, 0.3) is 0 Å². The van der Waals surface area contributed by atoms with Crippen molar-refractivity contribution >= 4 is 10.9 Å². The first-order chi connectivity index (χ1) is 9.31. The van der Waals surface area contributed by atoms with E-state index in [4.69, 9.17) is 4.74 Å². The van der Waals surface area contributed by atoms with E-state index in [0.717, 1.165) is 29.3 Å². The van der Waals surface area contributed by atoms with Crippen molar-refractivity contribution < 1.29 is 9.84 Å². The number of fused-ring (bicyclic) bond motifs is 1. The number of aromatic nitrogens is 1. The molecule has 1 fully saturated rings. The van der Waals surface area contributed by atoms with Gasteiger partial charge in [0.1, 0.15) is 6.10 Å². The molecule has 3 nitrogen and oxygen atoms in total. The second kappa shape index (κ2) is 5.27. The summed E-state index contributed by atoms with van der Waals surface area (Å²) in [6, 6.07) is 9.81. The highest BCUT2D eigenvalue weighted by Gasteiger charge is 2.37. The molecule has 100 valence electrons. The highest BCUT2D eigenvalue weighted by molar-refractivity contribution is 5.82. The molecule has 1 aromatic carbocycles. The maximum absolute atomic E-state index is 10.7. The van der Waals surface area contributed by atoms with E-state index >= 15 is 0 Å².